The van der Waals surface area contributed by atoms with Crippen LogP contribution in [0.4, 0.5) is 0 Å². The molecule has 1 aromatic heterocycles. The van der Waals surface area contributed by atoms with Crippen LogP contribution in [0.25, 0.3) is 11.3 Å². The smallest absolute Gasteiger partial charge is 0.269 e. The Bertz CT molecular complexity index is 586. The van der Waals surface area contributed by atoms with Gasteiger partial charge in [0.1, 0.15) is 0 Å². The van der Waals surface area contributed by atoms with Gasteiger partial charge in [-0.25, -0.2) is 0 Å². The maximum absolute atomic E-state index is 11.2. The van der Waals surface area contributed by atoms with E-state index in [1.165, 1.54) is 5.56 Å². The van der Waals surface area contributed by atoms with Gasteiger partial charge in [0.25, 0.3) is 5.91 Å². The number of amides is 1. The van der Waals surface area contributed by atoms with E-state index in [4.69, 9.17) is 5.73 Å². The summed E-state index contributed by atoms with van der Waals surface area (Å²) in [6.45, 7) is 0.831. The first kappa shape index (κ1) is 10.1. The van der Waals surface area contributed by atoms with E-state index in [1.54, 1.807) is 6.07 Å². The predicted octanol–water partition coefficient (Wildman–Crippen LogP) is 1.60. The third-order valence-electron chi connectivity index (χ3n) is 3.14. The first-order chi connectivity index (χ1) is 8.25. The minimum absolute atomic E-state index is 0.344. The van der Waals surface area contributed by atoms with Gasteiger partial charge in [0.05, 0.1) is 5.69 Å². The quantitative estimate of drug-likeness (QED) is 0.804. The van der Waals surface area contributed by atoms with Gasteiger partial charge in [0.15, 0.2) is 5.69 Å². The van der Waals surface area contributed by atoms with E-state index in [0.29, 0.717) is 5.69 Å². The molecule has 0 atom stereocenters. The second kappa shape index (κ2) is 3.73. The highest BCUT2D eigenvalue weighted by molar-refractivity contribution is 5.92. The molecule has 0 saturated heterocycles. The summed E-state index contributed by atoms with van der Waals surface area (Å²) in [7, 11) is 0. The Morgan fingerprint density at radius 1 is 1.35 bits per heavy atom. The summed E-state index contributed by atoms with van der Waals surface area (Å²) in [5.74, 6) is -0.469. The molecule has 1 aliphatic heterocycles. The van der Waals surface area contributed by atoms with Crippen molar-refractivity contribution in [1.82, 2.24) is 9.78 Å². The number of carbonyl (C=O) groups is 1. The fraction of sp³-hybridized carbons (Fsp3) is 0.231. The van der Waals surface area contributed by atoms with E-state index in [-0.39, 0.29) is 0 Å². The summed E-state index contributed by atoms with van der Waals surface area (Å²) < 4.78 is 1.88. The molecule has 0 saturated carbocycles. The van der Waals surface area contributed by atoms with Crippen molar-refractivity contribution in [2.75, 3.05) is 0 Å². The zero-order chi connectivity index (χ0) is 11.8. The average molecular weight is 227 g/mol. The van der Waals surface area contributed by atoms with Crippen molar-refractivity contribution in [2.24, 2.45) is 5.73 Å². The number of benzene rings is 1. The van der Waals surface area contributed by atoms with Gasteiger partial charge in [0, 0.05) is 12.1 Å². The summed E-state index contributed by atoms with van der Waals surface area (Å²) in [6.07, 6.45) is 2.08. The van der Waals surface area contributed by atoms with Crippen LogP contribution in [0, 0.1) is 0 Å². The van der Waals surface area contributed by atoms with Crippen LogP contribution in [0.15, 0.2) is 30.3 Å². The molecule has 4 nitrogen and oxygen atoms in total. The maximum atomic E-state index is 11.2. The Hall–Kier alpha value is -2.10. The van der Waals surface area contributed by atoms with E-state index in [2.05, 4.69) is 17.2 Å². The van der Waals surface area contributed by atoms with E-state index in [1.807, 2.05) is 16.8 Å². The van der Waals surface area contributed by atoms with Crippen molar-refractivity contribution in [3.05, 3.63) is 41.6 Å². The number of aryl methyl sites for hydroxylation is 2. The third kappa shape index (κ3) is 1.62. The van der Waals surface area contributed by atoms with E-state index in [9.17, 15) is 4.79 Å². The minimum Gasteiger partial charge on any atom is -0.364 e. The second-order valence-corrected chi connectivity index (χ2v) is 4.26. The van der Waals surface area contributed by atoms with Crippen LogP contribution in [0.5, 0.6) is 0 Å². The molecule has 4 heteroatoms. The number of fused-ring (bicyclic) bond motifs is 3. The normalized spacial score (nSPS) is 13.6. The van der Waals surface area contributed by atoms with Crippen LogP contribution in [0.3, 0.4) is 0 Å². The summed E-state index contributed by atoms with van der Waals surface area (Å²) in [5.41, 5.74) is 9.07. The number of primary amides is 1. The fourth-order valence-corrected chi connectivity index (χ4v) is 2.33. The van der Waals surface area contributed by atoms with Crippen LogP contribution in [-0.2, 0) is 13.0 Å². The zero-order valence-corrected chi connectivity index (χ0v) is 9.39. The van der Waals surface area contributed by atoms with Crippen molar-refractivity contribution in [2.45, 2.75) is 19.4 Å². The number of aromatic nitrogens is 2. The number of hydrogen-bond donors (Lipinski definition) is 1. The molecule has 0 unspecified atom stereocenters. The van der Waals surface area contributed by atoms with Gasteiger partial charge in [-0.3, -0.25) is 9.48 Å². The number of rotatable bonds is 1. The van der Waals surface area contributed by atoms with Gasteiger partial charge < -0.3 is 5.73 Å². The van der Waals surface area contributed by atoms with Crippen molar-refractivity contribution in [3.63, 3.8) is 0 Å². The molecule has 0 bridgehead atoms. The molecule has 86 valence electrons. The fourth-order valence-electron chi connectivity index (χ4n) is 2.33. The maximum Gasteiger partial charge on any atom is 0.269 e. The second-order valence-electron chi connectivity index (χ2n) is 4.26. The van der Waals surface area contributed by atoms with E-state index >= 15 is 0 Å². The Labute approximate surface area is 99.1 Å². The number of nitrogens with zero attached hydrogens (tertiary/aromatic N) is 2. The first-order valence-corrected chi connectivity index (χ1v) is 5.71. The Morgan fingerprint density at radius 3 is 3.00 bits per heavy atom. The van der Waals surface area contributed by atoms with Crippen molar-refractivity contribution in [3.8, 4) is 11.3 Å². The predicted molar refractivity (Wildman–Crippen MR) is 64.5 cm³/mol. The lowest BCUT2D eigenvalue weighted by atomic mass is 10.0. The van der Waals surface area contributed by atoms with Crippen LogP contribution in [-0.4, -0.2) is 15.7 Å². The van der Waals surface area contributed by atoms with Gasteiger partial charge in [-0.1, -0.05) is 24.3 Å². The minimum atomic E-state index is -0.469. The highest BCUT2D eigenvalue weighted by atomic mass is 16.1. The lowest BCUT2D eigenvalue weighted by Crippen LogP contribution is -2.12. The monoisotopic (exact) mass is 227 g/mol. The molecule has 0 fully saturated rings. The molecule has 1 aliphatic rings. The summed E-state index contributed by atoms with van der Waals surface area (Å²) >= 11 is 0. The number of hydrogen-bond acceptors (Lipinski definition) is 2. The lowest BCUT2D eigenvalue weighted by Gasteiger charge is -2.04. The molecule has 0 aliphatic carbocycles. The molecule has 2 heterocycles. The Balaban J connectivity index is 2.21. The lowest BCUT2D eigenvalue weighted by molar-refractivity contribution is 0.0994. The Kier molecular flexibility index (Phi) is 2.21. The molecule has 1 amide bonds. The van der Waals surface area contributed by atoms with Crippen molar-refractivity contribution >= 4 is 5.91 Å². The number of nitrogens with two attached hydrogens (primary N) is 1. The van der Waals surface area contributed by atoms with Gasteiger partial charge in [0.2, 0.25) is 0 Å². The molecule has 17 heavy (non-hydrogen) atoms. The van der Waals surface area contributed by atoms with Crippen molar-refractivity contribution < 1.29 is 4.79 Å². The van der Waals surface area contributed by atoms with E-state index < -0.39 is 5.91 Å². The average Bonchev–Trinajstić information content (AvgIpc) is 2.67. The molecular formula is C13H13N3O. The van der Waals surface area contributed by atoms with Crippen LogP contribution in [0.1, 0.15) is 22.5 Å². The topological polar surface area (TPSA) is 60.9 Å². The Morgan fingerprint density at radius 2 is 2.18 bits per heavy atom. The standard InChI is InChI=1S/C13H13N3O/c14-13(17)11-8-12-10-6-2-1-4-9(10)5-3-7-16(12)15-11/h1-2,4,6,8H,3,5,7H2,(H2,14,17). The molecule has 2 aromatic rings. The molecule has 0 radical (unpaired) electrons. The van der Waals surface area contributed by atoms with Crippen LogP contribution < -0.4 is 5.73 Å². The zero-order valence-electron chi connectivity index (χ0n) is 9.39. The van der Waals surface area contributed by atoms with Gasteiger partial charge >= 0.3 is 0 Å². The highest BCUT2D eigenvalue weighted by Crippen LogP contribution is 2.28. The van der Waals surface area contributed by atoms with Crippen LogP contribution >= 0.6 is 0 Å². The molecule has 0 spiro atoms. The summed E-state index contributed by atoms with van der Waals surface area (Å²) in [6, 6.07) is 10.0. The number of carbonyl (C=O) groups excluding carboxylic acids is 1. The van der Waals surface area contributed by atoms with Gasteiger partial charge in [-0.15, -0.1) is 0 Å². The molecule has 2 N–H and O–H groups in total. The third-order valence-corrected chi connectivity index (χ3v) is 3.14. The summed E-state index contributed by atoms with van der Waals surface area (Å²) in [5, 5.41) is 4.25. The molecule has 3 rings (SSSR count). The van der Waals surface area contributed by atoms with Crippen molar-refractivity contribution in [1.29, 1.82) is 0 Å². The summed E-state index contributed by atoms with van der Waals surface area (Å²) in [4.78, 5) is 11.2. The molecule has 1 aromatic carbocycles. The van der Waals surface area contributed by atoms with E-state index in [0.717, 1.165) is 30.6 Å². The SMILES string of the molecule is NC(=O)c1cc2n(n1)CCCc1ccccc1-2. The largest absolute Gasteiger partial charge is 0.364 e. The van der Waals surface area contributed by atoms with Gasteiger partial charge in [-0.2, -0.15) is 5.10 Å². The molecular weight excluding hydrogens is 214 g/mol. The highest BCUT2D eigenvalue weighted by Gasteiger charge is 2.17. The first-order valence-electron chi connectivity index (χ1n) is 5.71. The van der Waals surface area contributed by atoms with Crippen LogP contribution in [0.2, 0.25) is 0 Å². The van der Waals surface area contributed by atoms with Gasteiger partial charge in [-0.05, 0) is 24.5 Å².